The number of aryl methyl sites for hydroxylation is 1. The van der Waals surface area contributed by atoms with E-state index in [0.717, 1.165) is 36.5 Å². The van der Waals surface area contributed by atoms with Crippen molar-refractivity contribution < 1.29 is 4.74 Å². The maximum Gasteiger partial charge on any atom is 0.119 e. The Morgan fingerprint density at radius 1 is 1.24 bits per heavy atom. The van der Waals surface area contributed by atoms with E-state index in [0.29, 0.717) is 0 Å². The Labute approximate surface area is 130 Å². The zero-order chi connectivity index (χ0) is 14.9. The van der Waals surface area contributed by atoms with E-state index < -0.39 is 0 Å². The largest absolute Gasteiger partial charge is 0.497 e. The maximum atomic E-state index is 6.78. The van der Waals surface area contributed by atoms with Crippen LogP contribution in [0.5, 0.6) is 5.75 Å². The zero-order valence-corrected chi connectivity index (χ0v) is 13.0. The summed E-state index contributed by atoms with van der Waals surface area (Å²) in [6.45, 7) is 0. The minimum Gasteiger partial charge on any atom is -0.497 e. The van der Waals surface area contributed by atoms with Crippen LogP contribution in [0.4, 0.5) is 0 Å². The van der Waals surface area contributed by atoms with Crippen molar-refractivity contribution in [2.45, 2.75) is 31.2 Å². The highest BCUT2D eigenvalue weighted by atomic mass is 35.5. The lowest BCUT2D eigenvalue weighted by atomic mass is 9.74. The highest BCUT2D eigenvalue weighted by molar-refractivity contribution is 6.30. The number of halogens is 1. The van der Waals surface area contributed by atoms with Gasteiger partial charge in [-0.05, 0) is 66.6 Å². The van der Waals surface area contributed by atoms with Crippen molar-refractivity contribution in [3.63, 3.8) is 0 Å². The van der Waals surface area contributed by atoms with Gasteiger partial charge in [-0.2, -0.15) is 0 Å². The number of rotatable bonds is 3. The monoisotopic (exact) mass is 301 g/mol. The Balaban J connectivity index is 1.98. The molecule has 0 aliphatic heterocycles. The predicted octanol–water partition coefficient (Wildman–Crippen LogP) is 4.08. The number of nitrogens with two attached hydrogens (primary N) is 1. The first-order valence-corrected chi connectivity index (χ1v) is 7.69. The van der Waals surface area contributed by atoms with Crippen molar-refractivity contribution in [3.8, 4) is 5.75 Å². The van der Waals surface area contributed by atoms with E-state index in [2.05, 4.69) is 18.2 Å². The van der Waals surface area contributed by atoms with Crippen molar-refractivity contribution in [1.82, 2.24) is 0 Å². The van der Waals surface area contributed by atoms with Crippen LogP contribution in [-0.2, 0) is 18.4 Å². The van der Waals surface area contributed by atoms with Crippen molar-refractivity contribution in [3.05, 3.63) is 64.2 Å². The van der Waals surface area contributed by atoms with Crippen LogP contribution in [0.15, 0.2) is 42.5 Å². The van der Waals surface area contributed by atoms with Crippen LogP contribution in [0.3, 0.4) is 0 Å². The van der Waals surface area contributed by atoms with Crippen molar-refractivity contribution in [2.24, 2.45) is 5.73 Å². The quantitative estimate of drug-likeness (QED) is 0.927. The summed E-state index contributed by atoms with van der Waals surface area (Å²) in [5.41, 5.74) is 10.2. The molecular weight excluding hydrogens is 282 g/mol. The lowest BCUT2D eigenvalue weighted by Gasteiger charge is -2.36. The Bertz CT molecular complexity index is 655. The van der Waals surface area contributed by atoms with Crippen LogP contribution in [0.2, 0.25) is 5.02 Å². The molecule has 110 valence electrons. The summed E-state index contributed by atoms with van der Waals surface area (Å²) in [5.74, 6) is 0.872. The molecule has 1 unspecified atom stereocenters. The van der Waals surface area contributed by atoms with Gasteiger partial charge in [-0.25, -0.2) is 0 Å². The number of fused-ring (bicyclic) bond motifs is 1. The van der Waals surface area contributed by atoms with Crippen LogP contribution >= 0.6 is 11.6 Å². The summed E-state index contributed by atoms with van der Waals surface area (Å²) in [5, 5.41) is 0.762. The molecule has 0 radical (unpaired) electrons. The van der Waals surface area contributed by atoms with Crippen molar-refractivity contribution >= 4 is 11.6 Å². The van der Waals surface area contributed by atoms with E-state index in [4.69, 9.17) is 22.1 Å². The minimum absolute atomic E-state index is 0.340. The van der Waals surface area contributed by atoms with Gasteiger partial charge >= 0.3 is 0 Å². The molecular formula is C18H20ClNO. The molecule has 0 aromatic heterocycles. The highest BCUT2D eigenvalue weighted by Crippen LogP contribution is 2.38. The molecule has 0 heterocycles. The molecule has 2 aromatic rings. The molecule has 3 rings (SSSR count). The van der Waals surface area contributed by atoms with Gasteiger partial charge in [-0.1, -0.05) is 29.8 Å². The third kappa shape index (κ3) is 2.92. The van der Waals surface area contributed by atoms with Crippen LogP contribution < -0.4 is 10.5 Å². The standard InChI is InChI=1S/C18H20ClNO/c1-21-16-8-7-14-5-3-9-18(20,17(14)11-16)12-13-4-2-6-15(19)10-13/h2,4,6-8,10-11H,3,5,9,12,20H2,1H3. The number of hydrogen-bond donors (Lipinski definition) is 1. The van der Waals surface area contributed by atoms with E-state index in [1.807, 2.05) is 24.3 Å². The molecule has 2 nitrogen and oxygen atoms in total. The minimum atomic E-state index is -0.340. The fourth-order valence-electron chi connectivity index (χ4n) is 3.29. The van der Waals surface area contributed by atoms with E-state index in [1.165, 1.54) is 16.7 Å². The lowest BCUT2D eigenvalue weighted by molar-refractivity contribution is 0.363. The molecule has 0 saturated carbocycles. The first kappa shape index (κ1) is 14.4. The highest BCUT2D eigenvalue weighted by Gasteiger charge is 2.33. The molecule has 1 atom stereocenters. The van der Waals surface area contributed by atoms with Crippen molar-refractivity contribution in [1.29, 1.82) is 0 Å². The Morgan fingerprint density at radius 2 is 2.10 bits per heavy atom. The Morgan fingerprint density at radius 3 is 2.86 bits per heavy atom. The normalized spacial score (nSPS) is 20.9. The number of methoxy groups -OCH3 is 1. The van der Waals surface area contributed by atoms with E-state index in [9.17, 15) is 0 Å². The van der Waals surface area contributed by atoms with E-state index >= 15 is 0 Å². The second-order valence-electron chi connectivity index (χ2n) is 5.84. The summed E-state index contributed by atoms with van der Waals surface area (Å²) in [7, 11) is 1.69. The number of benzene rings is 2. The zero-order valence-electron chi connectivity index (χ0n) is 12.2. The number of ether oxygens (including phenoxy) is 1. The fraction of sp³-hybridized carbons (Fsp3) is 0.333. The van der Waals surface area contributed by atoms with Gasteiger partial charge in [0, 0.05) is 10.6 Å². The molecule has 0 fully saturated rings. The van der Waals surface area contributed by atoms with Gasteiger partial charge in [-0.15, -0.1) is 0 Å². The van der Waals surface area contributed by atoms with E-state index in [-0.39, 0.29) is 5.54 Å². The topological polar surface area (TPSA) is 35.2 Å². The third-order valence-corrected chi connectivity index (χ3v) is 4.57. The second kappa shape index (κ2) is 5.70. The van der Waals surface area contributed by atoms with Gasteiger partial charge in [0.15, 0.2) is 0 Å². The first-order valence-electron chi connectivity index (χ1n) is 7.31. The molecule has 3 heteroatoms. The smallest absolute Gasteiger partial charge is 0.119 e. The Hall–Kier alpha value is -1.51. The lowest BCUT2D eigenvalue weighted by Crippen LogP contribution is -2.42. The number of hydrogen-bond acceptors (Lipinski definition) is 2. The van der Waals surface area contributed by atoms with Gasteiger partial charge in [0.25, 0.3) is 0 Å². The molecule has 0 spiro atoms. The maximum absolute atomic E-state index is 6.78. The Kier molecular flexibility index (Phi) is 3.92. The van der Waals surface area contributed by atoms with Crippen LogP contribution in [-0.4, -0.2) is 7.11 Å². The molecule has 0 saturated heterocycles. The summed E-state index contributed by atoms with van der Waals surface area (Å²) in [6.07, 6.45) is 4.00. The van der Waals surface area contributed by atoms with E-state index in [1.54, 1.807) is 7.11 Å². The third-order valence-electron chi connectivity index (χ3n) is 4.33. The molecule has 0 amide bonds. The van der Waals surface area contributed by atoms with Gasteiger partial charge in [0.05, 0.1) is 7.11 Å². The molecule has 21 heavy (non-hydrogen) atoms. The summed E-state index contributed by atoms with van der Waals surface area (Å²) < 4.78 is 5.37. The van der Waals surface area contributed by atoms with Crippen LogP contribution in [0.1, 0.15) is 29.5 Å². The molecule has 0 bridgehead atoms. The molecule has 1 aliphatic rings. The molecule has 2 aromatic carbocycles. The van der Waals surface area contributed by atoms with Gasteiger partial charge in [-0.3, -0.25) is 0 Å². The second-order valence-corrected chi connectivity index (χ2v) is 6.28. The fourth-order valence-corrected chi connectivity index (χ4v) is 3.50. The van der Waals surface area contributed by atoms with Gasteiger partial charge < -0.3 is 10.5 Å². The average molecular weight is 302 g/mol. The predicted molar refractivity (Wildman–Crippen MR) is 87.0 cm³/mol. The summed E-state index contributed by atoms with van der Waals surface area (Å²) in [6, 6.07) is 14.2. The summed E-state index contributed by atoms with van der Waals surface area (Å²) >= 11 is 6.10. The molecule has 1 aliphatic carbocycles. The van der Waals surface area contributed by atoms with Crippen LogP contribution in [0, 0.1) is 0 Å². The average Bonchev–Trinajstić information content (AvgIpc) is 2.47. The van der Waals surface area contributed by atoms with Crippen LogP contribution in [0.25, 0.3) is 0 Å². The summed E-state index contributed by atoms with van der Waals surface area (Å²) in [4.78, 5) is 0. The SMILES string of the molecule is COc1ccc2c(c1)C(N)(Cc1cccc(Cl)c1)CCC2. The molecule has 2 N–H and O–H groups in total. The van der Waals surface area contributed by atoms with Gasteiger partial charge in [0.1, 0.15) is 5.75 Å². The van der Waals surface area contributed by atoms with Crippen molar-refractivity contribution in [2.75, 3.05) is 7.11 Å². The first-order chi connectivity index (χ1) is 10.1. The van der Waals surface area contributed by atoms with Gasteiger partial charge in [0.2, 0.25) is 0 Å².